The summed E-state index contributed by atoms with van der Waals surface area (Å²) in [5, 5.41) is 14.6. The fraction of sp³-hybridized carbons (Fsp3) is 0.579. The van der Waals surface area contributed by atoms with Crippen LogP contribution >= 0.6 is 0 Å². The molecule has 0 radical (unpaired) electrons. The third-order valence-electron chi connectivity index (χ3n) is 5.46. The number of hydrogen-bond acceptors (Lipinski definition) is 4. The lowest BCUT2D eigenvalue weighted by atomic mass is 9.76. The summed E-state index contributed by atoms with van der Waals surface area (Å²) in [4.78, 5) is 12.5. The topological polar surface area (TPSA) is 62.1 Å². The van der Waals surface area contributed by atoms with Gasteiger partial charge in [-0.3, -0.25) is 4.79 Å². The third-order valence-corrected chi connectivity index (χ3v) is 5.46. The molecular formula is C19H23F3N2O3. The molecule has 148 valence electrons. The minimum Gasteiger partial charge on any atom is -0.484 e. The van der Waals surface area contributed by atoms with E-state index >= 15 is 0 Å². The Hall–Kier alpha value is -2.09. The van der Waals surface area contributed by atoms with Crippen molar-refractivity contribution < 1.29 is 27.8 Å². The van der Waals surface area contributed by atoms with E-state index in [1.165, 1.54) is 0 Å². The zero-order valence-electron chi connectivity index (χ0n) is 15.5. The van der Waals surface area contributed by atoms with Crippen molar-refractivity contribution in [3.05, 3.63) is 29.3 Å². The molecule has 2 aliphatic rings. The lowest BCUT2D eigenvalue weighted by molar-refractivity contribution is -0.318. The Morgan fingerprint density at radius 1 is 1.37 bits per heavy atom. The number of hydrazone groups is 1. The first-order valence-corrected chi connectivity index (χ1v) is 8.93. The summed E-state index contributed by atoms with van der Waals surface area (Å²) in [6.45, 7) is 4.97. The molecule has 1 aromatic carbocycles. The van der Waals surface area contributed by atoms with E-state index in [1.807, 2.05) is 20.8 Å². The molecule has 3 rings (SSSR count). The molecule has 8 heteroatoms. The van der Waals surface area contributed by atoms with Gasteiger partial charge in [0.1, 0.15) is 5.75 Å². The van der Waals surface area contributed by atoms with Gasteiger partial charge in [-0.25, -0.2) is 0 Å². The van der Waals surface area contributed by atoms with Crippen LogP contribution in [0.3, 0.4) is 0 Å². The van der Waals surface area contributed by atoms with Crippen molar-refractivity contribution in [2.45, 2.75) is 51.9 Å². The summed E-state index contributed by atoms with van der Waals surface area (Å²) in [7, 11) is 0. The molecule has 1 aromatic rings. The molecule has 1 fully saturated rings. The molecule has 0 unspecified atom stereocenters. The van der Waals surface area contributed by atoms with E-state index in [-0.39, 0.29) is 23.1 Å². The second-order valence-corrected chi connectivity index (χ2v) is 7.49. The van der Waals surface area contributed by atoms with Crippen LogP contribution in [0, 0.1) is 25.7 Å². The van der Waals surface area contributed by atoms with Gasteiger partial charge in [0.05, 0.1) is 5.92 Å². The van der Waals surface area contributed by atoms with E-state index in [0.717, 1.165) is 11.1 Å². The van der Waals surface area contributed by atoms with E-state index < -0.39 is 30.3 Å². The first-order valence-electron chi connectivity index (χ1n) is 8.93. The van der Waals surface area contributed by atoms with Gasteiger partial charge in [-0.1, -0.05) is 13.0 Å². The van der Waals surface area contributed by atoms with Gasteiger partial charge in [0.15, 0.2) is 6.61 Å². The molecule has 1 N–H and O–H groups in total. The minimum atomic E-state index is -5.02. The number of carbonyl (C=O) groups excluding carboxylic acids is 1. The Balaban J connectivity index is 1.81. The number of alkyl halides is 3. The number of amides is 1. The third kappa shape index (κ3) is 3.42. The average Bonchev–Trinajstić information content (AvgIpc) is 2.89. The number of aliphatic hydroxyl groups is 1. The van der Waals surface area contributed by atoms with E-state index in [9.17, 15) is 23.1 Å². The van der Waals surface area contributed by atoms with Crippen LogP contribution in [0.25, 0.3) is 0 Å². The SMILES string of the molecule is Cc1ccc(OCC(=O)N2N=C3CC[C@H](C)C[C@@H]3[C@]2(O)C(F)(F)F)cc1C. The molecule has 1 saturated carbocycles. The Kier molecular flexibility index (Phi) is 4.96. The van der Waals surface area contributed by atoms with E-state index in [2.05, 4.69) is 5.10 Å². The van der Waals surface area contributed by atoms with Crippen molar-refractivity contribution in [2.75, 3.05) is 6.61 Å². The van der Waals surface area contributed by atoms with Crippen molar-refractivity contribution in [3.8, 4) is 5.75 Å². The molecule has 27 heavy (non-hydrogen) atoms. The maximum absolute atomic E-state index is 13.8. The average molecular weight is 384 g/mol. The zero-order valence-corrected chi connectivity index (χ0v) is 15.5. The van der Waals surface area contributed by atoms with Crippen molar-refractivity contribution in [1.29, 1.82) is 0 Å². The molecule has 0 bridgehead atoms. The van der Waals surface area contributed by atoms with Gasteiger partial charge in [0, 0.05) is 5.71 Å². The Morgan fingerprint density at radius 2 is 2.07 bits per heavy atom. The fourth-order valence-corrected chi connectivity index (χ4v) is 3.67. The van der Waals surface area contributed by atoms with Crippen molar-refractivity contribution in [3.63, 3.8) is 0 Å². The zero-order chi connectivity index (χ0) is 20.0. The number of fused-ring (bicyclic) bond motifs is 1. The van der Waals surface area contributed by atoms with Crippen LogP contribution < -0.4 is 4.74 Å². The van der Waals surface area contributed by atoms with Gasteiger partial charge in [-0.05, 0) is 62.3 Å². The number of aryl methyl sites for hydroxylation is 2. The van der Waals surface area contributed by atoms with Gasteiger partial charge in [-0.2, -0.15) is 23.3 Å². The van der Waals surface area contributed by atoms with Gasteiger partial charge < -0.3 is 9.84 Å². The summed E-state index contributed by atoms with van der Waals surface area (Å²) in [5.41, 5.74) is -1.12. The first kappa shape index (κ1) is 19.7. The van der Waals surface area contributed by atoms with Gasteiger partial charge in [0.2, 0.25) is 0 Å². The Bertz CT molecular complexity index is 778. The van der Waals surface area contributed by atoms with Gasteiger partial charge in [0.25, 0.3) is 11.6 Å². The van der Waals surface area contributed by atoms with Crippen LogP contribution in [0.15, 0.2) is 23.3 Å². The van der Waals surface area contributed by atoms with Crippen molar-refractivity contribution in [2.24, 2.45) is 16.9 Å². The maximum Gasteiger partial charge on any atom is 0.439 e. The van der Waals surface area contributed by atoms with Crippen LogP contribution in [-0.4, -0.2) is 40.2 Å². The number of benzene rings is 1. The van der Waals surface area contributed by atoms with E-state index in [4.69, 9.17) is 4.74 Å². The standard InChI is InChI=1S/C19H23F3N2O3/c1-11-4-7-16-15(8-11)18(26,19(20,21)22)24(23-16)17(25)10-27-14-6-5-12(2)13(3)9-14/h5-6,9,11,15,26H,4,7-8,10H2,1-3H3/t11-,15-,18-/m0/s1. The highest BCUT2D eigenvalue weighted by atomic mass is 19.4. The smallest absolute Gasteiger partial charge is 0.439 e. The maximum atomic E-state index is 13.8. The number of hydrogen-bond donors (Lipinski definition) is 1. The predicted molar refractivity (Wildman–Crippen MR) is 93.2 cm³/mol. The van der Waals surface area contributed by atoms with Gasteiger partial charge >= 0.3 is 6.18 Å². The summed E-state index contributed by atoms with van der Waals surface area (Å²) >= 11 is 0. The normalized spacial score (nSPS) is 28.0. The summed E-state index contributed by atoms with van der Waals surface area (Å²) in [6, 6.07) is 5.14. The number of rotatable bonds is 3. The molecule has 3 atom stereocenters. The van der Waals surface area contributed by atoms with Crippen LogP contribution in [0.5, 0.6) is 5.75 Å². The van der Waals surface area contributed by atoms with Gasteiger partial charge in [-0.15, -0.1) is 0 Å². The van der Waals surface area contributed by atoms with Crippen LogP contribution in [-0.2, 0) is 4.79 Å². The number of ether oxygens (including phenoxy) is 1. The second kappa shape index (κ2) is 6.82. The Morgan fingerprint density at radius 3 is 2.70 bits per heavy atom. The fourth-order valence-electron chi connectivity index (χ4n) is 3.67. The highest BCUT2D eigenvalue weighted by Gasteiger charge is 2.68. The largest absolute Gasteiger partial charge is 0.484 e. The molecule has 0 saturated heterocycles. The lowest BCUT2D eigenvalue weighted by Crippen LogP contribution is -2.62. The molecule has 0 spiro atoms. The highest BCUT2D eigenvalue weighted by molar-refractivity contribution is 5.93. The first-order chi connectivity index (χ1) is 12.5. The number of carbonyl (C=O) groups is 1. The van der Waals surface area contributed by atoms with Crippen molar-refractivity contribution in [1.82, 2.24) is 5.01 Å². The van der Waals surface area contributed by atoms with Crippen LogP contribution in [0.4, 0.5) is 13.2 Å². The van der Waals surface area contributed by atoms with Crippen molar-refractivity contribution >= 4 is 11.6 Å². The summed E-state index contributed by atoms with van der Waals surface area (Å²) < 4.78 is 46.6. The molecule has 5 nitrogen and oxygen atoms in total. The second-order valence-electron chi connectivity index (χ2n) is 7.49. The molecule has 1 aliphatic heterocycles. The molecular weight excluding hydrogens is 361 g/mol. The molecule has 0 aromatic heterocycles. The van der Waals surface area contributed by atoms with Crippen LogP contribution in [0.1, 0.15) is 37.3 Å². The van der Waals surface area contributed by atoms with E-state index in [1.54, 1.807) is 18.2 Å². The minimum absolute atomic E-state index is 0.0182. The van der Waals surface area contributed by atoms with E-state index in [0.29, 0.717) is 18.6 Å². The number of nitrogens with zero attached hydrogens (tertiary/aromatic N) is 2. The summed E-state index contributed by atoms with van der Waals surface area (Å²) in [5.74, 6) is -1.86. The quantitative estimate of drug-likeness (QED) is 0.867. The number of halogens is 3. The molecule has 1 heterocycles. The molecule has 1 amide bonds. The van der Waals surface area contributed by atoms with Crippen LogP contribution in [0.2, 0.25) is 0 Å². The molecule has 1 aliphatic carbocycles. The monoisotopic (exact) mass is 384 g/mol. The lowest BCUT2D eigenvalue weighted by Gasteiger charge is -2.39. The Labute approximate surface area is 155 Å². The highest BCUT2D eigenvalue weighted by Crippen LogP contribution is 2.49. The summed E-state index contributed by atoms with van der Waals surface area (Å²) in [6.07, 6.45) is -3.86. The predicted octanol–water partition coefficient (Wildman–Crippen LogP) is 3.57.